The van der Waals surface area contributed by atoms with E-state index in [1.807, 2.05) is 13.0 Å². The molecule has 0 amide bonds. The zero-order valence-corrected chi connectivity index (χ0v) is 16.0. The van der Waals surface area contributed by atoms with Crippen molar-refractivity contribution < 1.29 is 0 Å². The SMILES string of the molecule is Cc1cc2ncnc(NC3CCC(n4nc(-n5cncn5)ccc4=O)CC3)c2[nH]1. The van der Waals surface area contributed by atoms with E-state index in [9.17, 15) is 4.79 Å². The summed E-state index contributed by atoms with van der Waals surface area (Å²) in [5.74, 6) is 1.42. The van der Waals surface area contributed by atoms with Gasteiger partial charge in [0.15, 0.2) is 11.6 Å². The van der Waals surface area contributed by atoms with Crippen LogP contribution in [-0.4, -0.2) is 45.5 Å². The lowest BCUT2D eigenvalue weighted by atomic mass is 9.91. The Kier molecular flexibility index (Phi) is 4.30. The molecule has 0 bridgehead atoms. The molecule has 4 aromatic heterocycles. The molecule has 0 atom stereocenters. The van der Waals surface area contributed by atoms with Gasteiger partial charge in [0.2, 0.25) is 0 Å². The topological polar surface area (TPSA) is 119 Å². The van der Waals surface area contributed by atoms with E-state index in [1.165, 1.54) is 6.33 Å². The van der Waals surface area contributed by atoms with Crippen LogP contribution in [0.5, 0.6) is 0 Å². The minimum Gasteiger partial charge on any atom is -0.365 e. The Morgan fingerprint density at radius 3 is 2.79 bits per heavy atom. The first kappa shape index (κ1) is 17.5. The zero-order valence-electron chi connectivity index (χ0n) is 16.0. The number of aromatic amines is 1. The zero-order chi connectivity index (χ0) is 19.8. The van der Waals surface area contributed by atoms with Crippen LogP contribution in [0.3, 0.4) is 0 Å². The number of nitrogens with zero attached hydrogens (tertiary/aromatic N) is 7. The number of rotatable bonds is 4. The van der Waals surface area contributed by atoms with Gasteiger partial charge in [0.25, 0.3) is 5.56 Å². The third kappa shape index (κ3) is 3.37. The van der Waals surface area contributed by atoms with Gasteiger partial charge in [-0.3, -0.25) is 4.79 Å². The molecule has 0 aliphatic heterocycles. The van der Waals surface area contributed by atoms with E-state index in [2.05, 4.69) is 35.5 Å². The van der Waals surface area contributed by atoms with Crippen molar-refractivity contribution in [1.29, 1.82) is 0 Å². The van der Waals surface area contributed by atoms with E-state index in [0.29, 0.717) is 11.9 Å². The number of H-pyrrole nitrogens is 1. The van der Waals surface area contributed by atoms with E-state index in [1.54, 1.807) is 34.2 Å². The number of hydrogen-bond acceptors (Lipinski definition) is 7. The summed E-state index contributed by atoms with van der Waals surface area (Å²) in [6, 6.07) is 5.59. The van der Waals surface area contributed by atoms with Crippen molar-refractivity contribution in [3.8, 4) is 5.82 Å². The van der Waals surface area contributed by atoms with Crippen LogP contribution in [-0.2, 0) is 0 Å². The molecule has 0 radical (unpaired) electrons. The highest BCUT2D eigenvalue weighted by Gasteiger charge is 2.25. The summed E-state index contributed by atoms with van der Waals surface area (Å²) in [5, 5.41) is 12.1. The maximum atomic E-state index is 12.4. The van der Waals surface area contributed by atoms with Gasteiger partial charge < -0.3 is 10.3 Å². The average molecular weight is 391 g/mol. The fourth-order valence-electron chi connectivity index (χ4n) is 3.96. The lowest BCUT2D eigenvalue weighted by Crippen LogP contribution is -2.33. The summed E-state index contributed by atoms with van der Waals surface area (Å²) >= 11 is 0. The molecule has 1 fully saturated rings. The van der Waals surface area contributed by atoms with E-state index >= 15 is 0 Å². The smallest absolute Gasteiger partial charge is 0.267 e. The second-order valence-electron chi connectivity index (χ2n) is 7.40. The Bertz CT molecular complexity index is 1190. The van der Waals surface area contributed by atoms with Crippen molar-refractivity contribution in [3.05, 3.63) is 53.2 Å². The summed E-state index contributed by atoms with van der Waals surface area (Å²) in [6.45, 7) is 2.01. The van der Waals surface area contributed by atoms with Crippen molar-refractivity contribution in [2.24, 2.45) is 0 Å². The van der Waals surface area contributed by atoms with Gasteiger partial charge in [-0.1, -0.05) is 0 Å². The van der Waals surface area contributed by atoms with E-state index in [-0.39, 0.29) is 11.6 Å². The number of anilines is 1. The van der Waals surface area contributed by atoms with Crippen LogP contribution in [0.25, 0.3) is 16.9 Å². The molecule has 148 valence electrons. The van der Waals surface area contributed by atoms with Gasteiger partial charge in [-0.15, -0.1) is 5.10 Å². The molecule has 1 aliphatic rings. The molecule has 0 saturated heterocycles. The second-order valence-corrected chi connectivity index (χ2v) is 7.40. The third-order valence-corrected chi connectivity index (χ3v) is 5.40. The van der Waals surface area contributed by atoms with Crippen LogP contribution in [0, 0.1) is 6.92 Å². The Balaban J connectivity index is 1.30. The van der Waals surface area contributed by atoms with Crippen LogP contribution in [0.15, 0.2) is 42.0 Å². The fourth-order valence-corrected chi connectivity index (χ4v) is 3.96. The Labute approximate surface area is 166 Å². The van der Waals surface area contributed by atoms with E-state index < -0.39 is 0 Å². The molecule has 10 heteroatoms. The first-order valence-corrected chi connectivity index (χ1v) is 9.69. The predicted octanol–water partition coefficient (Wildman–Crippen LogP) is 2.00. The normalized spacial score (nSPS) is 19.5. The van der Waals surface area contributed by atoms with Gasteiger partial charge >= 0.3 is 0 Å². The molecule has 1 saturated carbocycles. The molecular formula is C19H21N9O. The minimum absolute atomic E-state index is 0.0715. The molecule has 0 unspecified atom stereocenters. The molecule has 2 N–H and O–H groups in total. The van der Waals surface area contributed by atoms with Gasteiger partial charge in [-0.2, -0.15) is 5.10 Å². The lowest BCUT2D eigenvalue weighted by molar-refractivity contribution is 0.302. The largest absolute Gasteiger partial charge is 0.365 e. The monoisotopic (exact) mass is 391 g/mol. The minimum atomic E-state index is -0.0929. The van der Waals surface area contributed by atoms with Crippen molar-refractivity contribution in [1.82, 2.24) is 39.5 Å². The summed E-state index contributed by atoms with van der Waals surface area (Å²) in [5.41, 5.74) is 2.81. The first-order chi connectivity index (χ1) is 14.2. The molecule has 4 heterocycles. The summed E-state index contributed by atoms with van der Waals surface area (Å²) in [4.78, 5) is 28.4. The van der Waals surface area contributed by atoms with Gasteiger partial charge in [0, 0.05) is 17.8 Å². The Morgan fingerprint density at radius 1 is 1.14 bits per heavy atom. The standard InChI is InChI=1S/C19H21N9O/c1-12-8-15-18(24-12)19(22-10-21-15)25-13-2-4-14(5-3-13)28-17(29)7-6-16(26-28)27-11-20-9-23-27/h6-11,13-14,24H,2-5H2,1H3,(H,21,22,25). The van der Waals surface area contributed by atoms with Gasteiger partial charge in [-0.05, 0) is 44.7 Å². The van der Waals surface area contributed by atoms with Crippen LogP contribution < -0.4 is 10.9 Å². The summed E-state index contributed by atoms with van der Waals surface area (Å²) in [6.07, 6.45) is 8.19. The van der Waals surface area contributed by atoms with Gasteiger partial charge in [-0.25, -0.2) is 24.3 Å². The van der Waals surface area contributed by atoms with Crippen molar-refractivity contribution >= 4 is 16.9 Å². The highest BCUT2D eigenvalue weighted by atomic mass is 16.1. The van der Waals surface area contributed by atoms with Crippen molar-refractivity contribution in [2.75, 3.05) is 5.32 Å². The van der Waals surface area contributed by atoms with Crippen LogP contribution in [0.1, 0.15) is 37.4 Å². The molecule has 29 heavy (non-hydrogen) atoms. The quantitative estimate of drug-likeness (QED) is 0.546. The van der Waals surface area contributed by atoms with Crippen LogP contribution >= 0.6 is 0 Å². The number of hydrogen-bond donors (Lipinski definition) is 2. The lowest BCUT2D eigenvalue weighted by Gasteiger charge is -2.30. The maximum Gasteiger partial charge on any atom is 0.267 e. The molecule has 10 nitrogen and oxygen atoms in total. The van der Waals surface area contributed by atoms with Gasteiger partial charge in [0.05, 0.1) is 11.6 Å². The summed E-state index contributed by atoms with van der Waals surface area (Å²) < 4.78 is 3.15. The fraction of sp³-hybridized carbons (Fsp3) is 0.368. The summed E-state index contributed by atoms with van der Waals surface area (Å²) in [7, 11) is 0. The maximum absolute atomic E-state index is 12.4. The van der Waals surface area contributed by atoms with Crippen LogP contribution in [0.4, 0.5) is 5.82 Å². The molecule has 0 spiro atoms. The highest BCUT2D eigenvalue weighted by Crippen LogP contribution is 2.30. The molecule has 0 aromatic carbocycles. The molecular weight excluding hydrogens is 370 g/mol. The molecule has 4 aromatic rings. The number of fused-ring (bicyclic) bond motifs is 1. The average Bonchev–Trinajstić information content (AvgIpc) is 3.39. The van der Waals surface area contributed by atoms with Crippen molar-refractivity contribution in [3.63, 3.8) is 0 Å². The Morgan fingerprint density at radius 2 is 2.00 bits per heavy atom. The van der Waals surface area contributed by atoms with Gasteiger partial charge in [0.1, 0.15) is 24.5 Å². The van der Waals surface area contributed by atoms with E-state index in [4.69, 9.17) is 0 Å². The predicted molar refractivity (Wildman–Crippen MR) is 107 cm³/mol. The second kappa shape index (κ2) is 7.12. The van der Waals surface area contributed by atoms with E-state index in [0.717, 1.165) is 48.2 Å². The molecule has 1 aliphatic carbocycles. The Hall–Kier alpha value is -3.56. The third-order valence-electron chi connectivity index (χ3n) is 5.40. The number of aryl methyl sites for hydroxylation is 1. The van der Waals surface area contributed by atoms with Crippen molar-refractivity contribution in [2.45, 2.75) is 44.7 Å². The molecule has 5 rings (SSSR count). The number of nitrogens with one attached hydrogen (secondary N) is 2. The van der Waals surface area contributed by atoms with Crippen LogP contribution in [0.2, 0.25) is 0 Å². The highest BCUT2D eigenvalue weighted by molar-refractivity contribution is 5.86. The first-order valence-electron chi connectivity index (χ1n) is 9.69. The number of aromatic nitrogens is 8.